The Morgan fingerprint density at radius 3 is 2.55 bits per heavy atom. The first kappa shape index (κ1) is 21.7. The molecule has 1 heterocycles. The van der Waals surface area contributed by atoms with Gasteiger partial charge in [0.1, 0.15) is 5.75 Å². The highest BCUT2D eigenvalue weighted by Gasteiger charge is 2.08. The van der Waals surface area contributed by atoms with Gasteiger partial charge in [0.25, 0.3) is 5.91 Å². The maximum atomic E-state index is 14.3. The number of hydrogen-bond donors (Lipinski definition) is 1. The number of hydrogen-bond acceptors (Lipinski definition) is 4. The van der Waals surface area contributed by atoms with Crippen molar-refractivity contribution in [2.24, 2.45) is 0 Å². The molecule has 6 nitrogen and oxygen atoms in total. The number of halogens is 1. The summed E-state index contributed by atoms with van der Waals surface area (Å²) in [6.07, 6.45) is 5.94. The highest BCUT2D eigenvalue weighted by Crippen LogP contribution is 2.24. The van der Waals surface area contributed by atoms with Crippen molar-refractivity contribution >= 4 is 17.9 Å². The molecular formula is C24H22FN3O3. The standard InChI is InChI=1S/C24H22FN3O3/c1-28(2)24(30)19-9-5-18(6-10-19)15-27-23(29)12-8-17-7-11-22(21(25)14-17)31-20-4-3-13-26-16-20/h3-14,16H,15H2,1-2H3,(H,27,29)/b12-8+. The summed E-state index contributed by atoms with van der Waals surface area (Å²) >= 11 is 0. The summed E-state index contributed by atoms with van der Waals surface area (Å²) < 4.78 is 19.7. The van der Waals surface area contributed by atoms with Crippen LogP contribution in [0.3, 0.4) is 0 Å². The van der Waals surface area contributed by atoms with Crippen molar-refractivity contribution in [2.45, 2.75) is 6.54 Å². The molecule has 0 saturated carbocycles. The number of aromatic nitrogens is 1. The van der Waals surface area contributed by atoms with E-state index in [0.717, 1.165) is 5.56 Å². The molecule has 0 fully saturated rings. The van der Waals surface area contributed by atoms with Crippen molar-refractivity contribution in [1.82, 2.24) is 15.2 Å². The molecule has 1 aromatic heterocycles. The van der Waals surface area contributed by atoms with Gasteiger partial charge in [-0.1, -0.05) is 18.2 Å². The monoisotopic (exact) mass is 419 g/mol. The molecular weight excluding hydrogens is 397 g/mol. The van der Waals surface area contributed by atoms with E-state index in [-0.39, 0.29) is 17.6 Å². The van der Waals surface area contributed by atoms with Gasteiger partial charge in [-0.3, -0.25) is 14.6 Å². The van der Waals surface area contributed by atoms with Gasteiger partial charge in [0, 0.05) is 38.5 Å². The molecule has 31 heavy (non-hydrogen) atoms. The van der Waals surface area contributed by atoms with Gasteiger partial charge in [0.05, 0.1) is 6.20 Å². The van der Waals surface area contributed by atoms with Crippen LogP contribution in [0.1, 0.15) is 21.5 Å². The number of nitrogens with one attached hydrogen (secondary N) is 1. The van der Waals surface area contributed by atoms with Gasteiger partial charge in [-0.2, -0.15) is 0 Å². The van der Waals surface area contributed by atoms with Gasteiger partial charge >= 0.3 is 0 Å². The normalized spacial score (nSPS) is 10.7. The highest BCUT2D eigenvalue weighted by molar-refractivity contribution is 5.94. The number of pyridine rings is 1. The minimum Gasteiger partial charge on any atom is -0.453 e. The van der Waals surface area contributed by atoms with Crippen LogP contribution < -0.4 is 10.1 Å². The molecule has 0 unspecified atom stereocenters. The fraction of sp³-hybridized carbons (Fsp3) is 0.125. The lowest BCUT2D eigenvalue weighted by Crippen LogP contribution is -2.22. The van der Waals surface area contributed by atoms with Crippen molar-refractivity contribution in [1.29, 1.82) is 0 Å². The van der Waals surface area contributed by atoms with Crippen LogP contribution in [-0.2, 0) is 11.3 Å². The van der Waals surface area contributed by atoms with Gasteiger partial charge < -0.3 is 15.0 Å². The van der Waals surface area contributed by atoms with Crippen LogP contribution in [0.15, 0.2) is 73.1 Å². The van der Waals surface area contributed by atoms with E-state index >= 15 is 0 Å². The molecule has 0 aliphatic carbocycles. The van der Waals surface area contributed by atoms with Crippen molar-refractivity contribution in [2.75, 3.05) is 14.1 Å². The molecule has 3 aromatic rings. The third-order valence-corrected chi connectivity index (χ3v) is 4.32. The number of carbonyl (C=O) groups excluding carboxylic acids is 2. The van der Waals surface area contributed by atoms with Crippen LogP contribution in [0.5, 0.6) is 11.5 Å². The van der Waals surface area contributed by atoms with E-state index in [4.69, 9.17) is 4.74 Å². The molecule has 158 valence electrons. The third-order valence-electron chi connectivity index (χ3n) is 4.32. The Hall–Kier alpha value is -4.00. The van der Waals surface area contributed by atoms with Crippen molar-refractivity contribution < 1.29 is 18.7 Å². The lowest BCUT2D eigenvalue weighted by atomic mass is 10.1. The number of nitrogens with zero attached hydrogens (tertiary/aromatic N) is 2. The molecule has 0 bridgehead atoms. The molecule has 0 aliphatic rings. The number of ether oxygens (including phenoxy) is 1. The van der Waals surface area contributed by atoms with Crippen molar-refractivity contribution in [3.63, 3.8) is 0 Å². The van der Waals surface area contributed by atoms with Crippen molar-refractivity contribution in [3.8, 4) is 11.5 Å². The second kappa shape index (κ2) is 10.2. The minimum atomic E-state index is -0.543. The largest absolute Gasteiger partial charge is 0.453 e. The third kappa shape index (κ3) is 6.24. The quantitative estimate of drug-likeness (QED) is 0.587. The van der Waals surface area contributed by atoms with Crippen LogP contribution in [-0.4, -0.2) is 35.8 Å². The SMILES string of the molecule is CN(C)C(=O)c1ccc(CNC(=O)/C=C/c2ccc(Oc3cccnc3)c(F)c2)cc1. The molecule has 0 atom stereocenters. The average molecular weight is 419 g/mol. The number of carbonyl (C=O) groups is 2. The molecule has 3 rings (SSSR count). The number of amides is 2. The maximum Gasteiger partial charge on any atom is 0.253 e. The van der Waals surface area contributed by atoms with E-state index < -0.39 is 5.82 Å². The summed E-state index contributed by atoms with van der Waals surface area (Å²) in [5, 5.41) is 2.75. The topological polar surface area (TPSA) is 71.5 Å². The second-order valence-electron chi connectivity index (χ2n) is 6.93. The Bertz CT molecular complexity index is 1080. The Balaban J connectivity index is 1.54. The van der Waals surface area contributed by atoms with Gasteiger partial charge in [-0.05, 0) is 53.6 Å². The van der Waals surface area contributed by atoms with Gasteiger partial charge in [0.15, 0.2) is 11.6 Å². The highest BCUT2D eigenvalue weighted by atomic mass is 19.1. The molecule has 2 aromatic carbocycles. The molecule has 7 heteroatoms. The van der Waals surface area contributed by atoms with Crippen LogP contribution >= 0.6 is 0 Å². The van der Waals surface area contributed by atoms with Crippen LogP contribution in [0.25, 0.3) is 6.08 Å². The second-order valence-corrected chi connectivity index (χ2v) is 6.93. The lowest BCUT2D eigenvalue weighted by molar-refractivity contribution is -0.116. The zero-order valence-electron chi connectivity index (χ0n) is 17.2. The van der Waals surface area contributed by atoms with E-state index in [1.807, 2.05) is 0 Å². The van der Waals surface area contributed by atoms with E-state index in [0.29, 0.717) is 23.4 Å². The van der Waals surface area contributed by atoms with Crippen LogP contribution in [0.4, 0.5) is 4.39 Å². The van der Waals surface area contributed by atoms with E-state index in [2.05, 4.69) is 10.3 Å². The molecule has 0 radical (unpaired) electrons. The lowest BCUT2D eigenvalue weighted by Gasteiger charge is -2.10. The fourth-order valence-electron chi connectivity index (χ4n) is 2.68. The predicted molar refractivity (Wildman–Crippen MR) is 116 cm³/mol. The Morgan fingerprint density at radius 1 is 1.13 bits per heavy atom. The summed E-state index contributed by atoms with van der Waals surface area (Å²) in [5.41, 5.74) is 1.97. The van der Waals surface area contributed by atoms with Gasteiger partial charge in [0.2, 0.25) is 5.91 Å². The van der Waals surface area contributed by atoms with E-state index in [9.17, 15) is 14.0 Å². The Kier molecular flexibility index (Phi) is 7.11. The van der Waals surface area contributed by atoms with Gasteiger partial charge in [-0.15, -0.1) is 0 Å². The molecule has 2 amide bonds. The predicted octanol–water partition coefficient (Wildman–Crippen LogP) is 4.04. The van der Waals surface area contributed by atoms with Crippen LogP contribution in [0.2, 0.25) is 0 Å². The van der Waals surface area contributed by atoms with Crippen LogP contribution in [0, 0.1) is 5.82 Å². The average Bonchev–Trinajstić information content (AvgIpc) is 2.78. The first-order valence-corrected chi connectivity index (χ1v) is 9.56. The molecule has 1 N–H and O–H groups in total. The number of rotatable bonds is 7. The zero-order chi connectivity index (χ0) is 22.2. The molecule has 0 saturated heterocycles. The summed E-state index contributed by atoms with van der Waals surface area (Å²) in [6.45, 7) is 0.311. The molecule has 0 aliphatic heterocycles. The summed E-state index contributed by atoms with van der Waals surface area (Å²) in [7, 11) is 3.38. The fourth-order valence-corrected chi connectivity index (χ4v) is 2.68. The smallest absolute Gasteiger partial charge is 0.253 e. The first-order valence-electron chi connectivity index (χ1n) is 9.56. The first-order chi connectivity index (χ1) is 14.9. The Labute approximate surface area is 180 Å². The van der Waals surface area contributed by atoms with Gasteiger partial charge in [-0.25, -0.2) is 4.39 Å². The summed E-state index contributed by atoms with van der Waals surface area (Å²) in [6, 6.07) is 14.8. The zero-order valence-corrected chi connectivity index (χ0v) is 17.2. The minimum absolute atomic E-state index is 0.0748. The van der Waals surface area contributed by atoms with E-state index in [1.54, 1.807) is 62.8 Å². The number of benzene rings is 2. The van der Waals surface area contributed by atoms with E-state index in [1.165, 1.54) is 35.4 Å². The molecule has 0 spiro atoms. The summed E-state index contributed by atoms with van der Waals surface area (Å²) in [5.74, 6) is -0.431. The Morgan fingerprint density at radius 2 is 1.90 bits per heavy atom. The summed E-state index contributed by atoms with van der Waals surface area (Å²) in [4.78, 5) is 29.4. The van der Waals surface area contributed by atoms with Crippen molar-refractivity contribution in [3.05, 3.63) is 95.6 Å². The maximum absolute atomic E-state index is 14.3.